The van der Waals surface area contributed by atoms with Gasteiger partial charge in [-0.2, -0.15) is 0 Å². The molecule has 2 aliphatic heterocycles. The van der Waals surface area contributed by atoms with Crippen LogP contribution >= 0.6 is 0 Å². The number of rotatable bonds is 5. The maximum Gasteiger partial charge on any atom is 0.228 e. The monoisotopic (exact) mass is 314 g/mol. The van der Waals surface area contributed by atoms with Crippen molar-refractivity contribution in [3.8, 4) is 0 Å². The van der Waals surface area contributed by atoms with Crippen molar-refractivity contribution in [2.24, 2.45) is 5.92 Å². The van der Waals surface area contributed by atoms with Crippen LogP contribution in [0.15, 0.2) is 30.3 Å². The van der Waals surface area contributed by atoms with Gasteiger partial charge in [0.2, 0.25) is 11.8 Å². The third-order valence-corrected chi connectivity index (χ3v) is 4.98. The Morgan fingerprint density at radius 3 is 2.57 bits per heavy atom. The van der Waals surface area contributed by atoms with Crippen molar-refractivity contribution in [1.82, 2.24) is 9.80 Å². The first kappa shape index (κ1) is 14.7. The van der Waals surface area contributed by atoms with Gasteiger partial charge in [0.05, 0.1) is 18.6 Å². The fourth-order valence-corrected chi connectivity index (χ4v) is 3.41. The molecule has 1 atom stereocenters. The fraction of sp³-hybridized carbons (Fsp3) is 0.556. The quantitative estimate of drug-likeness (QED) is 0.826. The number of ether oxygens (including phenoxy) is 1. The van der Waals surface area contributed by atoms with Gasteiger partial charge in [-0.25, -0.2) is 0 Å². The first-order valence-corrected chi connectivity index (χ1v) is 8.44. The summed E-state index contributed by atoms with van der Waals surface area (Å²) in [7, 11) is 0. The first-order valence-electron chi connectivity index (χ1n) is 8.44. The number of hydrogen-bond donors (Lipinski definition) is 0. The van der Waals surface area contributed by atoms with Crippen LogP contribution in [-0.4, -0.2) is 53.4 Å². The van der Waals surface area contributed by atoms with E-state index in [0.717, 1.165) is 18.4 Å². The second-order valence-corrected chi connectivity index (χ2v) is 6.84. The number of benzene rings is 1. The molecule has 2 saturated heterocycles. The Hall–Kier alpha value is -1.88. The van der Waals surface area contributed by atoms with Crippen LogP contribution in [0.2, 0.25) is 0 Å². The normalized spacial score (nSPS) is 24.9. The Kier molecular flexibility index (Phi) is 3.81. The highest BCUT2D eigenvalue weighted by atomic mass is 16.5. The predicted molar refractivity (Wildman–Crippen MR) is 84.4 cm³/mol. The maximum atomic E-state index is 12.5. The summed E-state index contributed by atoms with van der Waals surface area (Å²) in [5.74, 6) is 0.141. The molecule has 1 aromatic carbocycles. The molecule has 1 aliphatic carbocycles. The van der Waals surface area contributed by atoms with E-state index in [4.69, 9.17) is 4.74 Å². The number of hydrogen-bond acceptors (Lipinski definition) is 3. The number of carbonyl (C=O) groups excluding carboxylic acids is 2. The molecule has 3 fully saturated rings. The van der Waals surface area contributed by atoms with E-state index in [1.54, 1.807) is 0 Å². The number of nitrogens with zero attached hydrogens (tertiary/aromatic N) is 2. The van der Waals surface area contributed by atoms with E-state index in [1.165, 1.54) is 0 Å². The molecule has 0 radical (unpaired) electrons. The molecule has 1 saturated carbocycles. The van der Waals surface area contributed by atoms with Crippen molar-refractivity contribution < 1.29 is 14.3 Å². The largest absolute Gasteiger partial charge is 0.370 e. The molecule has 0 unspecified atom stereocenters. The first-order chi connectivity index (χ1) is 11.2. The van der Waals surface area contributed by atoms with Gasteiger partial charge in [0.15, 0.2) is 0 Å². The van der Waals surface area contributed by atoms with Crippen LogP contribution in [0.5, 0.6) is 0 Å². The van der Waals surface area contributed by atoms with Gasteiger partial charge in [-0.05, 0) is 18.4 Å². The SMILES string of the molecule is O=C([C@H]1CC(=O)N(C2CC2)C1)N1CC(OCc2ccccc2)C1. The standard InChI is InChI=1S/C18H22N2O3/c21-17-8-14(9-20(17)15-6-7-15)18(22)19-10-16(11-19)23-12-13-4-2-1-3-5-13/h1-5,14-16H,6-12H2/t14-/m0/s1. The maximum absolute atomic E-state index is 12.5. The Morgan fingerprint density at radius 2 is 1.87 bits per heavy atom. The Balaban J connectivity index is 1.22. The predicted octanol–water partition coefficient (Wildman–Crippen LogP) is 1.42. The van der Waals surface area contributed by atoms with Crippen molar-refractivity contribution in [2.45, 2.75) is 38.0 Å². The zero-order chi connectivity index (χ0) is 15.8. The molecule has 0 spiro atoms. The molecule has 23 heavy (non-hydrogen) atoms. The Labute approximate surface area is 136 Å². The highest BCUT2D eigenvalue weighted by molar-refractivity contribution is 5.90. The Bertz CT molecular complexity index is 594. The highest BCUT2D eigenvalue weighted by Crippen LogP contribution is 2.33. The molecule has 0 bridgehead atoms. The van der Waals surface area contributed by atoms with Crippen LogP contribution in [0, 0.1) is 5.92 Å². The second kappa shape index (κ2) is 5.96. The van der Waals surface area contributed by atoms with Gasteiger partial charge in [0, 0.05) is 32.1 Å². The highest BCUT2D eigenvalue weighted by Gasteiger charge is 2.44. The summed E-state index contributed by atoms with van der Waals surface area (Å²) in [4.78, 5) is 28.2. The summed E-state index contributed by atoms with van der Waals surface area (Å²) in [6, 6.07) is 10.5. The van der Waals surface area contributed by atoms with E-state index in [9.17, 15) is 9.59 Å². The second-order valence-electron chi connectivity index (χ2n) is 6.84. The van der Waals surface area contributed by atoms with Crippen LogP contribution in [0.4, 0.5) is 0 Å². The third-order valence-electron chi connectivity index (χ3n) is 4.98. The molecule has 122 valence electrons. The molecule has 5 heteroatoms. The van der Waals surface area contributed by atoms with Crippen LogP contribution in [-0.2, 0) is 20.9 Å². The number of carbonyl (C=O) groups is 2. The minimum absolute atomic E-state index is 0.121. The van der Waals surface area contributed by atoms with Crippen LogP contribution in [0.25, 0.3) is 0 Å². The fourth-order valence-electron chi connectivity index (χ4n) is 3.41. The van der Waals surface area contributed by atoms with E-state index < -0.39 is 0 Å². The molecule has 5 nitrogen and oxygen atoms in total. The molecule has 4 rings (SSSR count). The smallest absolute Gasteiger partial charge is 0.228 e. The topological polar surface area (TPSA) is 49.9 Å². The molecule has 3 aliphatic rings. The summed E-state index contributed by atoms with van der Waals surface area (Å²) in [5.41, 5.74) is 1.15. The van der Waals surface area contributed by atoms with Crippen LogP contribution < -0.4 is 0 Å². The molecule has 0 aromatic heterocycles. The van der Waals surface area contributed by atoms with Gasteiger partial charge in [-0.15, -0.1) is 0 Å². The van der Waals surface area contributed by atoms with Crippen molar-refractivity contribution >= 4 is 11.8 Å². The summed E-state index contributed by atoms with van der Waals surface area (Å²) in [6.07, 6.45) is 2.72. The molecule has 0 N–H and O–H groups in total. The zero-order valence-corrected chi connectivity index (χ0v) is 13.2. The lowest BCUT2D eigenvalue weighted by Gasteiger charge is -2.40. The van der Waals surface area contributed by atoms with E-state index in [-0.39, 0.29) is 23.8 Å². The minimum atomic E-state index is -0.141. The van der Waals surface area contributed by atoms with Crippen molar-refractivity contribution in [1.29, 1.82) is 0 Å². The number of likely N-dealkylation sites (tertiary alicyclic amines) is 2. The lowest BCUT2D eigenvalue weighted by molar-refractivity contribution is -0.150. The van der Waals surface area contributed by atoms with Gasteiger partial charge in [0.1, 0.15) is 0 Å². The van der Waals surface area contributed by atoms with Gasteiger partial charge in [-0.3, -0.25) is 9.59 Å². The number of amides is 2. The molecular formula is C18H22N2O3. The average molecular weight is 314 g/mol. The van der Waals surface area contributed by atoms with E-state index in [0.29, 0.717) is 38.7 Å². The van der Waals surface area contributed by atoms with Gasteiger partial charge >= 0.3 is 0 Å². The summed E-state index contributed by atoms with van der Waals surface area (Å²) in [6.45, 7) is 2.51. The lowest BCUT2D eigenvalue weighted by atomic mass is 10.0. The van der Waals surface area contributed by atoms with Gasteiger partial charge < -0.3 is 14.5 Å². The summed E-state index contributed by atoms with van der Waals surface area (Å²) < 4.78 is 5.83. The van der Waals surface area contributed by atoms with E-state index in [2.05, 4.69) is 0 Å². The van der Waals surface area contributed by atoms with E-state index >= 15 is 0 Å². The van der Waals surface area contributed by atoms with Crippen molar-refractivity contribution in [3.63, 3.8) is 0 Å². The van der Waals surface area contributed by atoms with Gasteiger partial charge in [-0.1, -0.05) is 30.3 Å². The van der Waals surface area contributed by atoms with Crippen LogP contribution in [0.1, 0.15) is 24.8 Å². The summed E-state index contributed by atoms with van der Waals surface area (Å²) >= 11 is 0. The molecule has 1 aromatic rings. The molecule has 2 heterocycles. The van der Waals surface area contributed by atoms with Crippen molar-refractivity contribution in [2.75, 3.05) is 19.6 Å². The van der Waals surface area contributed by atoms with Crippen LogP contribution in [0.3, 0.4) is 0 Å². The van der Waals surface area contributed by atoms with Crippen molar-refractivity contribution in [3.05, 3.63) is 35.9 Å². The molecular weight excluding hydrogens is 292 g/mol. The van der Waals surface area contributed by atoms with E-state index in [1.807, 2.05) is 40.1 Å². The Morgan fingerprint density at radius 1 is 1.13 bits per heavy atom. The lowest BCUT2D eigenvalue weighted by Crippen LogP contribution is -2.56. The average Bonchev–Trinajstić information content (AvgIpc) is 3.29. The zero-order valence-electron chi connectivity index (χ0n) is 13.2. The third kappa shape index (κ3) is 3.11. The van der Waals surface area contributed by atoms with Gasteiger partial charge in [0.25, 0.3) is 0 Å². The summed E-state index contributed by atoms with van der Waals surface area (Å²) in [5, 5.41) is 0. The minimum Gasteiger partial charge on any atom is -0.370 e. The molecule has 2 amide bonds.